The number of para-hydroxylation sites is 1. The molecule has 31 heavy (non-hydrogen) atoms. The second-order valence-corrected chi connectivity index (χ2v) is 6.89. The van der Waals surface area contributed by atoms with E-state index in [2.05, 4.69) is 5.32 Å². The molecule has 0 bridgehead atoms. The molecule has 0 aliphatic carbocycles. The van der Waals surface area contributed by atoms with Gasteiger partial charge in [0.15, 0.2) is 0 Å². The number of carbonyl (C=O) groups is 1. The van der Waals surface area contributed by atoms with Crippen molar-refractivity contribution in [1.29, 1.82) is 0 Å². The number of benzene rings is 3. The number of aryl methyl sites for hydroxylation is 1. The topological polar surface area (TPSA) is 56.8 Å². The second-order valence-electron chi connectivity index (χ2n) is 6.89. The number of anilines is 1. The first kappa shape index (κ1) is 22.3. The van der Waals surface area contributed by atoms with Gasteiger partial charge in [-0.2, -0.15) is 0 Å². The fourth-order valence-corrected chi connectivity index (χ4v) is 2.98. The maximum atomic E-state index is 13.3. The van der Waals surface area contributed by atoms with Crippen molar-refractivity contribution in [1.82, 2.24) is 0 Å². The number of nitrogens with one attached hydrogen (secondary N) is 1. The molecule has 0 fully saturated rings. The number of halogens is 1. The molecule has 0 heterocycles. The van der Waals surface area contributed by atoms with Crippen molar-refractivity contribution in [2.45, 2.75) is 20.5 Å². The summed E-state index contributed by atoms with van der Waals surface area (Å²) in [4.78, 5) is 12.8. The first-order valence-electron chi connectivity index (χ1n) is 10.2. The van der Waals surface area contributed by atoms with E-state index in [0.29, 0.717) is 42.6 Å². The van der Waals surface area contributed by atoms with Crippen molar-refractivity contribution in [2.24, 2.45) is 0 Å². The van der Waals surface area contributed by atoms with Crippen LogP contribution in [0, 0.1) is 12.7 Å². The zero-order valence-electron chi connectivity index (χ0n) is 17.7. The molecule has 3 aromatic carbocycles. The number of amides is 1. The van der Waals surface area contributed by atoms with E-state index in [1.54, 1.807) is 42.5 Å². The smallest absolute Gasteiger partial charge is 0.259 e. The van der Waals surface area contributed by atoms with E-state index >= 15 is 0 Å². The standard InChI is InChI=1S/C25H26FNO4/c1-3-29-13-14-30-24-10-5-4-9-22(24)25(28)27-23-12-11-21(15-18(23)2)31-17-19-7-6-8-20(26)16-19/h4-12,15-16H,3,13-14,17H2,1-2H3,(H,27,28). The molecule has 0 unspecified atom stereocenters. The third-order valence-electron chi connectivity index (χ3n) is 4.56. The van der Waals surface area contributed by atoms with Crippen LogP contribution in [-0.4, -0.2) is 25.7 Å². The SMILES string of the molecule is CCOCCOc1ccccc1C(=O)Nc1ccc(OCc2cccc(F)c2)cc1C. The summed E-state index contributed by atoms with van der Waals surface area (Å²) in [5.41, 5.74) is 2.72. The zero-order valence-corrected chi connectivity index (χ0v) is 17.7. The number of carbonyl (C=O) groups excluding carboxylic acids is 1. The predicted molar refractivity (Wildman–Crippen MR) is 118 cm³/mol. The summed E-state index contributed by atoms with van der Waals surface area (Å²) in [6.07, 6.45) is 0. The number of hydrogen-bond donors (Lipinski definition) is 1. The highest BCUT2D eigenvalue weighted by molar-refractivity contribution is 6.06. The van der Waals surface area contributed by atoms with Crippen LogP contribution in [0.5, 0.6) is 11.5 Å². The molecule has 3 aromatic rings. The van der Waals surface area contributed by atoms with E-state index in [9.17, 15) is 9.18 Å². The van der Waals surface area contributed by atoms with Gasteiger partial charge >= 0.3 is 0 Å². The maximum absolute atomic E-state index is 13.3. The van der Waals surface area contributed by atoms with E-state index in [4.69, 9.17) is 14.2 Å². The summed E-state index contributed by atoms with van der Waals surface area (Å²) in [7, 11) is 0. The van der Waals surface area contributed by atoms with E-state index in [0.717, 1.165) is 11.1 Å². The summed E-state index contributed by atoms with van der Waals surface area (Å²) in [5, 5.41) is 2.92. The van der Waals surface area contributed by atoms with Crippen molar-refractivity contribution < 1.29 is 23.4 Å². The minimum atomic E-state index is -0.294. The molecule has 0 radical (unpaired) electrons. The van der Waals surface area contributed by atoms with E-state index in [1.807, 2.05) is 26.0 Å². The summed E-state index contributed by atoms with van der Waals surface area (Å²) >= 11 is 0. The van der Waals surface area contributed by atoms with E-state index in [-0.39, 0.29) is 18.3 Å². The molecule has 0 aliphatic heterocycles. The van der Waals surface area contributed by atoms with Crippen LogP contribution in [0.2, 0.25) is 0 Å². The van der Waals surface area contributed by atoms with Gasteiger partial charge in [0, 0.05) is 12.3 Å². The third-order valence-corrected chi connectivity index (χ3v) is 4.56. The van der Waals surface area contributed by atoms with Crippen molar-refractivity contribution in [2.75, 3.05) is 25.1 Å². The van der Waals surface area contributed by atoms with E-state index in [1.165, 1.54) is 12.1 Å². The van der Waals surface area contributed by atoms with Crippen LogP contribution in [0.3, 0.4) is 0 Å². The fourth-order valence-electron chi connectivity index (χ4n) is 2.98. The molecule has 1 N–H and O–H groups in total. The Morgan fingerprint density at radius 3 is 2.58 bits per heavy atom. The molecule has 0 saturated heterocycles. The predicted octanol–water partition coefficient (Wildman–Crippen LogP) is 5.38. The molecule has 0 aromatic heterocycles. The number of hydrogen-bond acceptors (Lipinski definition) is 4. The molecule has 0 aliphatic rings. The summed E-state index contributed by atoms with van der Waals surface area (Å²) in [6.45, 7) is 5.51. The molecule has 0 atom stereocenters. The Morgan fingerprint density at radius 1 is 0.968 bits per heavy atom. The van der Waals surface area contributed by atoms with Gasteiger partial charge in [-0.15, -0.1) is 0 Å². The zero-order chi connectivity index (χ0) is 22.1. The van der Waals surface area contributed by atoms with Gasteiger partial charge in [-0.25, -0.2) is 4.39 Å². The Bertz CT molecular complexity index is 1020. The summed E-state index contributed by atoms with van der Waals surface area (Å²) in [6, 6.07) is 18.8. The third kappa shape index (κ3) is 6.55. The Hall–Kier alpha value is -3.38. The van der Waals surface area contributed by atoms with Gasteiger partial charge in [0.1, 0.15) is 30.5 Å². The van der Waals surface area contributed by atoms with Gasteiger partial charge in [0.05, 0.1) is 12.2 Å². The number of rotatable bonds is 10. The van der Waals surface area contributed by atoms with Gasteiger partial charge in [-0.3, -0.25) is 4.79 Å². The minimum absolute atomic E-state index is 0.259. The lowest BCUT2D eigenvalue weighted by molar-refractivity contribution is 0.0998. The Kier molecular flexibility index (Phi) is 8.01. The fraction of sp³-hybridized carbons (Fsp3) is 0.240. The Labute approximate surface area is 181 Å². The summed E-state index contributed by atoms with van der Waals surface area (Å²) in [5.74, 6) is 0.591. The average Bonchev–Trinajstić information content (AvgIpc) is 2.77. The van der Waals surface area contributed by atoms with Crippen LogP contribution in [0.1, 0.15) is 28.4 Å². The quantitative estimate of drug-likeness (QED) is 0.445. The van der Waals surface area contributed by atoms with E-state index < -0.39 is 0 Å². The number of ether oxygens (including phenoxy) is 3. The molecule has 6 heteroatoms. The van der Waals surface area contributed by atoms with Gasteiger partial charge in [0.25, 0.3) is 5.91 Å². The van der Waals surface area contributed by atoms with Crippen molar-refractivity contribution in [3.63, 3.8) is 0 Å². The van der Waals surface area contributed by atoms with Crippen LogP contribution in [0.25, 0.3) is 0 Å². The first-order valence-corrected chi connectivity index (χ1v) is 10.2. The minimum Gasteiger partial charge on any atom is -0.490 e. The maximum Gasteiger partial charge on any atom is 0.259 e. The van der Waals surface area contributed by atoms with Crippen LogP contribution >= 0.6 is 0 Å². The molecule has 0 spiro atoms. The van der Waals surface area contributed by atoms with Crippen LogP contribution in [0.4, 0.5) is 10.1 Å². The van der Waals surface area contributed by atoms with Crippen LogP contribution in [0.15, 0.2) is 66.7 Å². The lowest BCUT2D eigenvalue weighted by Gasteiger charge is -2.14. The second kappa shape index (κ2) is 11.1. The Balaban J connectivity index is 1.63. The highest BCUT2D eigenvalue weighted by Gasteiger charge is 2.14. The van der Waals surface area contributed by atoms with Gasteiger partial charge in [0.2, 0.25) is 0 Å². The van der Waals surface area contributed by atoms with Gasteiger partial charge in [-0.05, 0) is 67.4 Å². The van der Waals surface area contributed by atoms with Crippen LogP contribution in [-0.2, 0) is 11.3 Å². The molecule has 0 saturated carbocycles. The van der Waals surface area contributed by atoms with Gasteiger partial charge in [-0.1, -0.05) is 24.3 Å². The monoisotopic (exact) mass is 423 g/mol. The highest BCUT2D eigenvalue weighted by atomic mass is 19.1. The molecular formula is C25H26FNO4. The lowest BCUT2D eigenvalue weighted by Crippen LogP contribution is -2.15. The largest absolute Gasteiger partial charge is 0.490 e. The molecule has 5 nitrogen and oxygen atoms in total. The lowest BCUT2D eigenvalue weighted by atomic mass is 10.1. The Morgan fingerprint density at radius 2 is 1.81 bits per heavy atom. The van der Waals surface area contributed by atoms with Crippen molar-refractivity contribution in [3.05, 3.63) is 89.2 Å². The average molecular weight is 423 g/mol. The molecule has 3 rings (SSSR count). The summed E-state index contributed by atoms with van der Waals surface area (Å²) < 4.78 is 30.0. The molecule has 162 valence electrons. The highest BCUT2D eigenvalue weighted by Crippen LogP contribution is 2.25. The first-order chi connectivity index (χ1) is 15.1. The van der Waals surface area contributed by atoms with Crippen molar-refractivity contribution >= 4 is 11.6 Å². The normalized spacial score (nSPS) is 10.5. The van der Waals surface area contributed by atoms with Crippen LogP contribution < -0.4 is 14.8 Å². The molecule has 1 amide bonds. The molecular weight excluding hydrogens is 397 g/mol. The van der Waals surface area contributed by atoms with Crippen molar-refractivity contribution in [3.8, 4) is 11.5 Å². The van der Waals surface area contributed by atoms with Gasteiger partial charge < -0.3 is 19.5 Å².